The Morgan fingerprint density at radius 2 is 0.643 bits per heavy atom. The second-order valence-electron chi connectivity index (χ2n) is 14.8. The average molecular weight is 712 g/mol. The van der Waals surface area contributed by atoms with Crippen molar-refractivity contribution in [2.75, 3.05) is 4.90 Å². The van der Waals surface area contributed by atoms with Gasteiger partial charge in [0.15, 0.2) is 0 Å². The molecule has 2 aliphatic rings. The monoisotopic (exact) mass is 711 g/mol. The normalized spacial score (nSPS) is 12.8. The molecule has 0 atom stereocenters. The topological polar surface area (TPSA) is 3.24 Å². The Morgan fingerprint density at radius 3 is 1.16 bits per heavy atom. The van der Waals surface area contributed by atoms with Gasteiger partial charge < -0.3 is 4.90 Å². The summed E-state index contributed by atoms with van der Waals surface area (Å²) in [6.07, 6.45) is 0. The van der Waals surface area contributed by atoms with Crippen molar-refractivity contribution in [3.8, 4) is 55.6 Å². The minimum absolute atomic E-state index is 0.407. The van der Waals surface area contributed by atoms with E-state index >= 15 is 0 Å². The van der Waals surface area contributed by atoms with Crippen LogP contribution in [-0.2, 0) is 5.41 Å². The number of hydrogen-bond acceptors (Lipinski definition) is 1. The van der Waals surface area contributed by atoms with Crippen LogP contribution in [0.4, 0.5) is 17.1 Å². The molecule has 11 rings (SSSR count). The van der Waals surface area contributed by atoms with Crippen molar-refractivity contribution in [3.63, 3.8) is 0 Å². The molecule has 0 saturated heterocycles. The summed E-state index contributed by atoms with van der Waals surface area (Å²) in [5, 5.41) is 0. The van der Waals surface area contributed by atoms with Gasteiger partial charge in [-0.05, 0) is 114 Å². The van der Waals surface area contributed by atoms with Crippen LogP contribution in [0.25, 0.3) is 55.6 Å². The molecule has 9 aromatic rings. The summed E-state index contributed by atoms with van der Waals surface area (Å²) in [5.41, 5.74) is 20.9. The summed E-state index contributed by atoms with van der Waals surface area (Å²) in [6, 6.07) is 82.3. The van der Waals surface area contributed by atoms with Crippen molar-refractivity contribution in [1.29, 1.82) is 0 Å². The maximum absolute atomic E-state index is 2.39. The fourth-order valence-electron chi connectivity index (χ4n) is 9.54. The SMILES string of the molecule is c1ccc(-c2cccc(N(c3ccc(-c4cccc5c4C4(c6ccccc6-c6ccccc64)c4ccccc4-5)cc3)c3cccc(-c4ccccc4)c3)c2)cc1. The van der Waals surface area contributed by atoms with Crippen molar-refractivity contribution in [2.24, 2.45) is 0 Å². The number of fused-ring (bicyclic) bond motifs is 10. The number of benzene rings is 9. The van der Waals surface area contributed by atoms with Crippen LogP contribution in [0.5, 0.6) is 0 Å². The van der Waals surface area contributed by atoms with Crippen LogP contribution in [0, 0.1) is 0 Å². The lowest BCUT2D eigenvalue weighted by atomic mass is 9.68. The van der Waals surface area contributed by atoms with E-state index in [9.17, 15) is 0 Å². The van der Waals surface area contributed by atoms with Crippen molar-refractivity contribution >= 4 is 17.1 Å². The molecule has 0 unspecified atom stereocenters. The Labute approximate surface area is 328 Å². The van der Waals surface area contributed by atoms with E-state index < -0.39 is 5.41 Å². The number of rotatable bonds is 6. The van der Waals surface area contributed by atoms with E-state index in [4.69, 9.17) is 0 Å². The third-order valence-electron chi connectivity index (χ3n) is 11.9. The van der Waals surface area contributed by atoms with Crippen molar-refractivity contribution < 1.29 is 0 Å². The first kappa shape index (κ1) is 32.2. The highest BCUT2D eigenvalue weighted by atomic mass is 15.1. The van der Waals surface area contributed by atoms with Gasteiger partial charge in [-0.25, -0.2) is 0 Å². The highest BCUT2D eigenvalue weighted by molar-refractivity contribution is 5.99. The predicted molar refractivity (Wildman–Crippen MR) is 234 cm³/mol. The molecular weight excluding hydrogens is 675 g/mol. The molecule has 1 nitrogen and oxygen atoms in total. The fraction of sp³-hybridized carbons (Fsp3) is 0.0182. The molecule has 9 aromatic carbocycles. The molecule has 1 spiro atoms. The highest BCUT2D eigenvalue weighted by Crippen LogP contribution is 2.64. The van der Waals surface area contributed by atoms with E-state index in [0.29, 0.717) is 0 Å². The standard InChI is InChI=1S/C55H37N/c1-3-16-38(17-4-1)41-20-13-22-44(36-41)56(45-23-14-21-42(37-45)39-18-5-2-6-19-39)43-34-32-40(33-35-43)46-27-15-28-50-49-26-9-12-31-53(49)55(54(46)50)51-29-10-7-24-47(51)48-25-8-11-30-52(48)55/h1-37H. The van der Waals surface area contributed by atoms with Crippen LogP contribution >= 0.6 is 0 Å². The first-order valence-corrected chi connectivity index (χ1v) is 19.4. The van der Waals surface area contributed by atoms with Crippen LogP contribution in [0.3, 0.4) is 0 Å². The molecule has 0 aromatic heterocycles. The van der Waals surface area contributed by atoms with Gasteiger partial charge in [-0.2, -0.15) is 0 Å². The second-order valence-corrected chi connectivity index (χ2v) is 14.8. The predicted octanol–water partition coefficient (Wildman–Crippen LogP) is 14.5. The molecule has 1 heteroatoms. The summed E-state index contributed by atoms with van der Waals surface area (Å²) in [5.74, 6) is 0. The van der Waals surface area contributed by atoms with Crippen molar-refractivity contribution in [1.82, 2.24) is 0 Å². The van der Waals surface area contributed by atoms with E-state index in [-0.39, 0.29) is 0 Å². The van der Waals surface area contributed by atoms with E-state index in [1.54, 1.807) is 0 Å². The molecule has 0 fully saturated rings. The van der Waals surface area contributed by atoms with Crippen LogP contribution in [0.15, 0.2) is 224 Å². The quantitative estimate of drug-likeness (QED) is 0.166. The fourth-order valence-corrected chi connectivity index (χ4v) is 9.54. The van der Waals surface area contributed by atoms with E-state index in [0.717, 1.165) is 17.1 Å². The molecule has 0 radical (unpaired) electrons. The molecule has 0 N–H and O–H groups in total. The Kier molecular flexibility index (Phi) is 7.47. The maximum Gasteiger partial charge on any atom is 0.0731 e. The summed E-state index contributed by atoms with van der Waals surface area (Å²) < 4.78 is 0. The lowest BCUT2D eigenvalue weighted by Crippen LogP contribution is -2.26. The third kappa shape index (κ3) is 4.88. The van der Waals surface area contributed by atoms with Gasteiger partial charge in [0, 0.05) is 17.1 Å². The van der Waals surface area contributed by atoms with Gasteiger partial charge in [0.2, 0.25) is 0 Å². The zero-order valence-corrected chi connectivity index (χ0v) is 30.8. The van der Waals surface area contributed by atoms with E-state index in [1.807, 2.05) is 0 Å². The minimum atomic E-state index is -0.407. The lowest BCUT2D eigenvalue weighted by Gasteiger charge is -2.32. The van der Waals surface area contributed by atoms with Crippen LogP contribution < -0.4 is 4.90 Å². The number of anilines is 3. The molecule has 0 bridgehead atoms. The minimum Gasteiger partial charge on any atom is -0.310 e. The van der Waals surface area contributed by atoms with Gasteiger partial charge in [0.05, 0.1) is 5.41 Å². The first-order valence-electron chi connectivity index (χ1n) is 19.4. The highest BCUT2D eigenvalue weighted by Gasteiger charge is 2.52. The zero-order valence-electron chi connectivity index (χ0n) is 30.8. The van der Waals surface area contributed by atoms with Gasteiger partial charge >= 0.3 is 0 Å². The largest absolute Gasteiger partial charge is 0.310 e. The van der Waals surface area contributed by atoms with Crippen LogP contribution in [-0.4, -0.2) is 0 Å². The Hall–Kier alpha value is -7.22. The van der Waals surface area contributed by atoms with Gasteiger partial charge in [-0.15, -0.1) is 0 Å². The summed E-state index contributed by atoms with van der Waals surface area (Å²) in [7, 11) is 0. The van der Waals surface area contributed by atoms with Crippen LogP contribution in [0.2, 0.25) is 0 Å². The maximum atomic E-state index is 2.39. The van der Waals surface area contributed by atoms with Gasteiger partial charge in [-0.3, -0.25) is 0 Å². The smallest absolute Gasteiger partial charge is 0.0731 e. The van der Waals surface area contributed by atoms with Crippen molar-refractivity contribution in [2.45, 2.75) is 5.41 Å². The Balaban J connectivity index is 1.09. The van der Waals surface area contributed by atoms with E-state index in [2.05, 4.69) is 229 Å². The summed E-state index contributed by atoms with van der Waals surface area (Å²) in [6.45, 7) is 0. The lowest BCUT2D eigenvalue weighted by molar-refractivity contribution is 0.796. The van der Waals surface area contributed by atoms with Gasteiger partial charge in [0.25, 0.3) is 0 Å². The molecule has 2 aliphatic carbocycles. The molecule has 0 saturated carbocycles. The zero-order chi connectivity index (χ0) is 37.1. The van der Waals surface area contributed by atoms with Crippen LogP contribution in [0.1, 0.15) is 22.3 Å². The number of nitrogens with zero attached hydrogens (tertiary/aromatic N) is 1. The molecule has 0 amide bonds. The van der Waals surface area contributed by atoms with E-state index in [1.165, 1.54) is 77.9 Å². The van der Waals surface area contributed by atoms with Gasteiger partial charge in [0.1, 0.15) is 0 Å². The summed E-state index contributed by atoms with van der Waals surface area (Å²) in [4.78, 5) is 2.39. The summed E-state index contributed by atoms with van der Waals surface area (Å²) >= 11 is 0. The van der Waals surface area contributed by atoms with Crippen molar-refractivity contribution in [3.05, 3.63) is 247 Å². The molecule has 0 heterocycles. The molecule has 262 valence electrons. The average Bonchev–Trinajstić information content (AvgIpc) is 3.75. The van der Waals surface area contributed by atoms with Gasteiger partial charge in [-0.1, -0.05) is 188 Å². The second kappa shape index (κ2) is 13.0. The first-order chi connectivity index (χ1) is 27.8. The molecular formula is C55H37N. The third-order valence-corrected chi connectivity index (χ3v) is 11.9. The molecule has 56 heavy (non-hydrogen) atoms. The molecule has 0 aliphatic heterocycles. The Morgan fingerprint density at radius 1 is 0.250 bits per heavy atom. The number of hydrogen-bond donors (Lipinski definition) is 0. The Bertz CT molecular complexity index is 2760.